The fraction of sp³-hybridized carbons (Fsp3) is 0.571. The van der Waals surface area contributed by atoms with Gasteiger partial charge in [0, 0.05) is 32.3 Å². The van der Waals surface area contributed by atoms with Crippen molar-refractivity contribution < 1.29 is 13.2 Å². The summed E-state index contributed by atoms with van der Waals surface area (Å²) in [6.45, 7) is 5.54. The van der Waals surface area contributed by atoms with Gasteiger partial charge in [0.15, 0.2) is 0 Å². The molecule has 1 N–H and O–H groups in total. The van der Waals surface area contributed by atoms with Crippen LogP contribution in [0.3, 0.4) is 0 Å². The summed E-state index contributed by atoms with van der Waals surface area (Å²) in [7, 11) is -1.85. The van der Waals surface area contributed by atoms with Gasteiger partial charge in [0.25, 0.3) is 0 Å². The summed E-state index contributed by atoms with van der Waals surface area (Å²) in [5, 5.41) is 3.29. The van der Waals surface area contributed by atoms with E-state index >= 15 is 0 Å². The van der Waals surface area contributed by atoms with Gasteiger partial charge in [-0.1, -0.05) is 12.1 Å². The molecule has 0 aromatic heterocycles. The summed E-state index contributed by atoms with van der Waals surface area (Å²) in [5.41, 5.74) is 0.865. The zero-order valence-electron chi connectivity index (χ0n) is 12.2. The third kappa shape index (κ3) is 3.03. The molecule has 0 radical (unpaired) electrons. The fourth-order valence-electron chi connectivity index (χ4n) is 2.46. The molecule has 1 heterocycles. The van der Waals surface area contributed by atoms with Crippen molar-refractivity contribution in [2.75, 3.05) is 20.2 Å². The first kappa shape index (κ1) is 15.4. The molecule has 5 nitrogen and oxygen atoms in total. The standard InChI is InChI=1S/C14H22N2O3S/c1-11-12(2)16(8-7-15-11)20(17,18)14-6-4-5-13(9-14)10-19-3/h4-6,9,11-12,15H,7-8,10H2,1-3H3. The Balaban J connectivity index is 2.32. The average Bonchev–Trinajstić information content (AvgIpc) is 2.42. The predicted molar refractivity (Wildman–Crippen MR) is 78.0 cm³/mol. The number of benzene rings is 1. The van der Waals surface area contributed by atoms with E-state index in [1.54, 1.807) is 29.6 Å². The zero-order chi connectivity index (χ0) is 14.8. The van der Waals surface area contributed by atoms with Crippen LogP contribution in [0.1, 0.15) is 19.4 Å². The van der Waals surface area contributed by atoms with Crippen molar-refractivity contribution in [3.05, 3.63) is 29.8 Å². The number of methoxy groups -OCH3 is 1. The number of nitrogens with one attached hydrogen (secondary N) is 1. The number of piperazine rings is 1. The third-order valence-electron chi connectivity index (χ3n) is 3.79. The minimum atomic E-state index is -3.45. The maximum Gasteiger partial charge on any atom is 0.243 e. The summed E-state index contributed by atoms with van der Waals surface area (Å²) in [4.78, 5) is 0.341. The van der Waals surface area contributed by atoms with Crippen molar-refractivity contribution in [2.45, 2.75) is 37.4 Å². The lowest BCUT2D eigenvalue weighted by Gasteiger charge is -2.37. The topological polar surface area (TPSA) is 58.6 Å². The minimum Gasteiger partial charge on any atom is -0.380 e. The van der Waals surface area contributed by atoms with E-state index in [9.17, 15) is 8.42 Å². The molecule has 0 saturated carbocycles. The number of rotatable bonds is 4. The van der Waals surface area contributed by atoms with Gasteiger partial charge in [-0.2, -0.15) is 4.31 Å². The van der Waals surface area contributed by atoms with Gasteiger partial charge in [-0.05, 0) is 31.5 Å². The first-order valence-electron chi connectivity index (χ1n) is 6.80. The number of nitrogens with zero attached hydrogens (tertiary/aromatic N) is 1. The molecule has 0 aliphatic carbocycles. The molecule has 1 aliphatic rings. The molecule has 2 atom stereocenters. The highest BCUT2D eigenvalue weighted by Crippen LogP contribution is 2.22. The molecule has 2 rings (SSSR count). The molecular formula is C14H22N2O3S. The normalized spacial score (nSPS) is 24.8. The molecule has 2 unspecified atom stereocenters. The maximum atomic E-state index is 12.8. The van der Waals surface area contributed by atoms with Gasteiger partial charge >= 0.3 is 0 Å². The number of hydrogen-bond acceptors (Lipinski definition) is 4. The van der Waals surface area contributed by atoms with Crippen molar-refractivity contribution in [3.63, 3.8) is 0 Å². The molecule has 1 aromatic rings. The summed E-state index contributed by atoms with van der Waals surface area (Å²) in [6.07, 6.45) is 0. The van der Waals surface area contributed by atoms with Crippen LogP contribution < -0.4 is 5.32 Å². The van der Waals surface area contributed by atoms with Crippen LogP contribution in [0.5, 0.6) is 0 Å². The minimum absolute atomic E-state index is 0.0557. The van der Waals surface area contributed by atoms with Crippen LogP contribution >= 0.6 is 0 Å². The van der Waals surface area contributed by atoms with E-state index in [-0.39, 0.29) is 12.1 Å². The van der Waals surface area contributed by atoms with Crippen LogP contribution in [0, 0.1) is 0 Å². The lowest BCUT2D eigenvalue weighted by atomic mass is 10.1. The number of hydrogen-bond donors (Lipinski definition) is 1. The Labute approximate surface area is 121 Å². The van der Waals surface area contributed by atoms with Gasteiger partial charge in [0.05, 0.1) is 11.5 Å². The molecular weight excluding hydrogens is 276 g/mol. The van der Waals surface area contributed by atoms with Gasteiger partial charge < -0.3 is 10.1 Å². The first-order valence-corrected chi connectivity index (χ1v) is 8.24. The quantitative estimate of drug-likeness (QED) is 0.907. The van der Waals surface area contributed by atoms with Crippen molar-refractivity contribution >= 4 is 10.0 Å². The van der Waals surface area contributed by atoms with Crippen LogP contribution in [0.25, 0.3) is 0 Å². The van der Waals surface area contributed by atoms with Crippen LogP contribution in [0.15, 0.2) is 29.2 Å². The molecule has 6 heteroatoms. The molecule has 0 amide bonds. The van der Waals surface area contributed by atoms with Crippen molar-refractivity contribution in [1.29, 1.82) is 0 Å². The lowest BCUT2D eigenvalue weighted by Crippen LogP contribution is -2.57. The van der Waals surface area contributed by atoms with Crippen LogP contribution in [-0.2, 0) is 21.4 Å². The summed E-state index contributed by atoms with van der Waals surface area (Å²) >= 11 is 0. The van der Waals surface area contributed by atoms with E-state index in [1.807, 2.05) is 19.9 Å². The molecule has 1 fully saturated rings. The Hall–Kier alpha value is -0.950. The van der Waals surface area contributed by atoms with E-state index in [4.69, 9.17) is 4.74 Å². The maximum absolute atomic E-state index is 12.8. The highest BCUT2D eigenvalue weighted by Gasteiger charge is 2.34. The zero-order valence-corrected chi connectivity index (χ0v) is 13.0. The molecule has 0 bridgehead atoms. The first-order chi connectivity index (χ1) is 9.46. The van der Waals surface area contributed by atoms with Gasteiger partial charge in [-0.25, -0.2) is 8.42 Å². The molecule has 1 saturated heterocycles. The molecule has 20 heavy (non-hydrogen) atoms. The highest BCUT2D eigenvalue weighted by atomic mass is 32.2. The molecule has 1 aliphatic heterocycles. The number of sulfonamides is 1. The van der Waals surface area contributed by atoms with Crippen LogP contribution in [0.4, 0.5) is 0 Å². The van der Waals surface area contributed by atoms with Gasteiger partial charge in [-0.15, -0.1) is 0 Å². The SMILES string of the molecule is COCc1cccc(S(=O)(=O)N2CCNC(C)C2C)c1. The van der Waals surface area contributed by atoms with E-state index in [1.165, 1.54) is 0 Å². The third-order valence-corrected chi connectivity index (χ3v) is 5.77. The Morgan fingerprint density at radius 2 is 2.15 bits per heavy atom. The highest BCUT2D eigenvalue weighted by molar-refractivity contribution is 7.89. The second-order valence-electron chi connectivity index (χ2n) is 5.18. The Bertz CT molecular complexity index is 559. The summed E-state index contributed by atoms with van der Waals surface area (Å²) < 4.78 is 32.2. The van der Waals surface area contributed by atoms with Gasteiger partial charge in [-0.3, -0.25) is 0 Å². The van der Waals surface area contributed by atoms with E-state index in [0.29, 0.717) is 24.6 Å². The fourth-order valence-corrected chi connectivity index (χ4v) is 4.24. The molecule has 112 valence electrons. The van der Waals surface area contributed by atoms with Gasteiger partial charge in [0.1, 0.15) is 0 Å². The van der Waals surface area contributed by atoms with Crippen LogP contribution in [0.2, 0.25) is 0 Å². The predicted octanol–water partition coefficient (Wildman–Crippen LogP) is 1.20. The molecule has 0 spiro atoms. The Morgan fingerprint density at radius 3 is 2.85 bits per heavy atom. The summed E-state index contributed by atoms with van der Waals surface area (Å²) in [5.74, 6) is 0. The largest absolute Gasteiger partial charge is 0.380 e. The Kier molecular flexibility index (Phi) is 4.80. The van der Waals surface area contributed by atoms with E-state index < -0.39 is 10.0 Å². The van der Waals surface area contributed by atoms with Crippen molar-refractivity contribution in [1.82, 2.24) is 9.62 Å². The van der Waals surface area contributed by atoms with Crippen molar-refractivity contribution in [3.8, 4) is 0 Å². The second kappa shape index (κ2) is 6.22. The van der Waals surface area contributed by atoms with Crippen LogP contribution in [-0.4, -0.2) is 45.0 Å². The molecule has 1 aromatic carbocycles. The monoisotopic (exact) mass is 298 g/mol. The number of ether oxygens (including phenoxy) is 1. The summed E-state index contributed by atoms with van der Waals surface area (Å²) in [6, 6.07) is 7.07. The van der Waals surface area contributed by atoms with E-state index in [2.05, 4.69) is 5.32 Å². The lowest BCUT2D eigenvalue weighted by molar-refractivity contribution is 0.184. The smallest absolute Gasteiger partial charge is 0.243 e. The van der Waals surface area contributed by atoms with Crippen molar-refractivity contribution in [2.24, 2.45) is 0 Å². The Morgan fingerprint density at radius 1 is 1.40 bits per heavy atom. The van der Waals surface area contributed by atoms with Gasteiger partial charge in [0.2, 0.25) is 10.0 Å². The second-order valence-corrected chi connectivity index (χ2v) is 7.07. The van der Waals surface area contributed by atoms with E-state index in [0.717, 1.165) is 5.56 Å². The average molecular weight is 298 g/mol.